The maximum atomic E-state index is 8.59. The van der Waals surface area contributed by atoms with Crippen molar-refractivity contribution < 1.29 is 19.7 Å². The first kappa shape index (κ1) is 18.5. The maximum absolute atomic E-state index is 8.59. The largest absolute Gasteiger partial charge is 0.396 e. The van der Waals surface area contributed by atoms with Gasteiger partial charge in [-0.05, 0) is 18.6 Å². The van der Waals surface area contributed by atoms with Crippen LogP contribution in [0.25, 0.3) is 0 Å². The number of hydrogen-bond acceptors (Lipinski definition) is 6. The average Bonchev–Trinajstić information content (AvgIpc) is 2.39. The van der Waals surface area contributed by atoms with E-state index in [2.05, 4.69) is 0 Å². The topological polar surface area (TPSA) is 58.9 Å². The van der Waals surface area contributed by atoms with E-state index in [0.717, 1.165) is 62.3 Å². The fourth-order valence-electron chi connectivity index (χ4n) is 1.14. The molecule has 4 nitrogen and oxygen atoms in total. The van der Waals surface area contributed by atoms with E-state index in [1.165, 1.54) is 0 Å². The highest BCUT2D eigenvalue weighted by Gasteiger charge is 1.93. The van der Waals surface area contributed by atoms with Gasteiger partial charge in [0.25, 0.3) is 0 Å². The van der Waals surface area contributed by atoms with Crippen LogP contribution in [0.3, 0.4) is 0 Å². The van der Waals surface area contributed by atoms with Crippen LogP contribution in [-0.4, -0.2) is 72.9 Å². The van der Waals surface area contributed by atoms with E-state index in [-0.39, 0.29) is 13.2 Å². The fraction of sp³-hybridized carbons (Fsp3) is 1.00. The number of hydrogen-bond donors (Lipinski definition) is 2. The van der Waals surface area contributed by atoms with E-state index in [4.69, 9.17) is 19.7 Å². The maximum Gasteiger partial charge on any atom is 0.0556 e. The van der Waals surface area contributed by atoms with Crippen LogP contribution in [-0.2, 0) is 9.47 Å². The van der Waals surface area contributed by atoms with Crippen molar-refractivity contribution in [2.45, 2.75) is 12.8 Å². The van der Waals surface area contributed by atoms with Crippen molar-refractivity contribution in [1.29, 1.82) is 0 Å². The van der Waals surface area contributed by atoms with Crippen LogP contribution in [0.4, 0.5) is 0 Å². The van der Waals surface area contributed by atoms with Crippen LogP contribution < -0.4 is 0 Å². The second-order valence-electron chi connectivity index (χ2n) is 3.60. The van der Waals surface area contributed by atoms with Crippen molar-refractivity contribution in [2.75, 3.05) is 62.7 Å². The number of aliphatic hydroxyl groups is 2. The molecule has 0 rings (SSSR count). The molecular weight excluding hydrogens is 272 g/mol. The van der Waals surface area contributed by atoms with Crippen molar-refractivity contribution in [3.63, 3.8) is 0 Å². The Kier molecular flexibility index (Phi) is 18.1. The number of rotatable bonds is 15. The number of ether oxygens (including phenoxy) is 2. The average molecular weight is 298 g/mol. The monoisotopic (exact) mass is 298 g/mol. The third kappa shape index (κ3) is 16.5. The SMILES string of the molecule is OCCCSCCOCCCOCCSCCO. The molecule has 0 aliphatic heterocycles. The van der Waals surface area contributed by atoms with Crippen molar-refractivity contribution in [3.05, 3.63) is 0 Å². The lowest BCUT2D eigenvalue weighted by molar-refractivity contribution is 0.0960. The van der Waals surface area contributed by atoms with Crippen LogP contribution in [0.5, 0.6) is 0 Å². The van der Waals surface area contributed by atoms with Gasteiger partial charge in [0.2, 0.25) is 0 Å². The molecule has 0 aliphatic rings. The van der Waals surface area contributed by atoms with Crippen molar-refractivity contribution in [3.8, 4) is 0 Å². The lowest BCUT2D eigenvalue weighted by Gasteiger charge is -2.05. The minimum absolute atomic E-state index is 0.245. The summed E-state index contributed by atoms with van der Waals surface area (Å²) in [6.45, 7) is 3.56. The predicted octanol–water partition coefficient (Wildman–Crippen LogP) is 1.25. The van der Waals surface area contributed by atoms with Crippen molar-refractivity contribution >= 4 is 23.5 Å². The van der Waals surface area contributed by atoms with Crippen molar-refractivity contribution in [2.24, 2.45) is 0 Å². The molecule has 2 N–H and O–H groups in total. The summed E-state index contributed by atoms with van der Waals surface area (Å²) in [4.78, 5) is 0. The second-order valence-corrected chi connectivity index (χ2v) is 6.05. The van der Waals surface area contributed by atoms with Gasteiger partial charge >= 0.3 is 0 Å². The smallest absolute Gasteiger partial charge is 0.0556 e. The summed E-state index contributed by atoms with van der Waals surface area (Å²) in [7, 11) is 0. The zero-order chi connectivity index (χ0) is 13.3. The Morgan fingerprint density at radius 3 is 1.78 bits per heavy atom. The Morgan fingerprint density at radius 1 is 0.611 bits per heavy atom. The van der Waals surface area contributed by atoms with Crippen LogP contribution in [0.1, 0.15) is 12.8 Å². The molecule has 0 unspecified atom stereocenters. The Bertz CT molecular complexity index is 134. The highest BCUT2D eigenvalue weighted by Crippen LogP contribution is 2.01. The Balaban J connectivity index is 2.86. The van der Waals surface area contributed by atoms with Gasteiger partial charge in [0.05, 0.1) is 19.8 Å². The van der Waals surface area contributed by atoms with Crippen LogP contribution in [0, 0.1) is 0 Å². The molecule has 6 heteroatoms. The molecule has 0 atom stereocenters. The second kappa shape index (κ2) is 17.5. The van der Waals surface area contributed by atoms with Gasteiger partial charge in [-0.25, -0.2) is 0 Å². The first-order valence-electron chi connectivity index (χ1n) is 6.44. The first-order chi connectivity index (χ1) is 8.91. The number of thioether (sulfide) groups is 2. The highest BCUT2D eigenvalue weighted by molar-refractivity contribution is 7.99. The van der Waals surface area contributed by atoms with Gasteiger partial charge in [-0.15, -0.1) is 0 Å². The molecule has 0 radical (unpaired) electrons. The van der Waals surface area contributed by atoms with E-state index in [1.54, 1.807) is 11.8 Å². The molecule has 0 bridgehead atoms. The van der Waals surface area contributed by atoms with Gasteiger partial charge in [-0.3, -0.25) is 0 Å². The van der Waals surface area contributed by atoms with Gasteiger partial charge in [-0.1, -0.05) is 0 Å². The van der Waals surface area contributed by atoms with Crippen molar-refractivity contribution in [1.82, 2.24) is 0 Å². The van der Waals surface area contributed by atoms with Gasteiger partial charge < -0.3 is 19.7 Å². The molecule has 0 amide bonds. The molecule has 0 heterocycles. The first-order valence-corrected chi connectivity index (χ1v) is 8.75. The Hall–Kier alpha value is 0.540. The molecule has 18 heavy (non-hydrogen) atoms. The van der Waals surface area contributed by atoms with E-state index < -0.39 is 0 Å². The predicted molar refractivity (Wildman–Crippen MR) is 79.7 cm³/mol. The molecule has 110 valence electrons. The fourth-order valence-corrected chi connectivity index (χ4v) is 2.48. The summed E-state index contributed by atoms with van der Waals surface area (Å²) in [5.74, 6) is 3.75. The lowest BCUT2D eigenvalue weighted by Crippen LogP contribution is -2.05. The van der Waals surface area contributed by atoms with E-state index in [1.807, 2.05) is 11.8 Å². The van der Waals surface area contributed by atoms with E-state index in [0.29, 0.717) is 0 Å². The Morgan fingerprint density at radius 2 is 1.22 bits per heavy atom. The van der Waals surface area contributed by atoms with Gasteiger partial charge in [0.1, 0.15) is 0 Å². The zero-order valence-corrected chi connectivity index (χ0v) is 12.6. The van der Waals surface area contributed by atoms with Crippen LogP contribution in [0.15, 0.2) is 0 Å². The van der Waals surface area contributed by atoms with Crippen LogP contribution in [0.2, 0.25) is 0 Å². The summed E-state index contributed by atoms with van der Waals surface area (Å²) in [6, 6.07) is 0. The number of aliphatic hydroxyl groups excluding tert-OH is 2. The molecule has 0 aliphatic carbocycles. The molecule has 0 saturated heterocycles. The summed E-state index contributed by atoms with van der Waals surface area (Å²) in [5.41, 5.74) is 0. The Labute approximate surface area is 119 Å². The third-order valence-corrected chi connectivity index (χ3v) is 3.96. The quantitative estimate of drug-likeness (QED) is 0.444. The summed E-state index contributed by atoms with van der Waals surface area (Å²) in [6.07, 6.45) is 1.80. The molecule has 0 aromatic carbocycles. The molecule has 0 saturated carbocycles. The third-order valence-electron chi connectivity index (χ3n) is 2.00. The molecule has 0 fully saturated rings. The minimum atomic E-state index is 0.245. The summed E-state index contributed by atoms with van der Waals surface area (Å²) >= 11 is 3.53. The standard InChI is InChI=1S/C12H26O4S2/c13-3-1-9-17-11-7-15-5-2-6-16-8-12-18-10-4-14/h13-14H,1-12H2. The van der Waals surface area contributed by atoms with E-state index in [9.17, 15) is 0 Å². The van der Waals surface area contributed by atoms with Gasteiger partial charge in [-0.2, -0.15) is 23.5 Å². The minimum Gasteiger partial charge on any atom is -0.396 e. The lowest BCUT2D eigenvalue weighted by atomic mass is 10.5. The zero-order valence-electron chi connectivity index (χ0n) is 11.0. The summed E-state index contributed by atoms with van der Waals surface area (Å²) < 4.78 is 10.9. The van der Waals surface area contributed by atoms with Crippen LogP contribution >= 0.6 is 23.5 Å². The van der Waals surface area contributed by atoms with E-state index >= 15 is 0 Å². The normalized spacial score (nSPS) is 11.0. The highest BCUT2D eigenvalue weighted by atomic mass is 32.2. The van der Waals surface area contributed by atoms with Gasteiger partial charge in [0, 0.05) is 37.1 Å². The molecular formula is C12H26O4S2. The molecule has 0 aromatic heterocycles. The summed E-state index contributed by atoms with van der Waals surface area (Å²) in [5, 5.41) is 17.2. The molecule has 0 spiro atoms. The molecule has 0 aromatic rings. The van der Waals surface area contributed by atoms with Gasteiger partial charge in [0.15, 0.2) is 0 Å².